The fourth-order valence-electron chi connectivity index (χ4n) is 3.35. The molecule has 0 amide bonds. The van der Waals surface area contributed by atoms with Crippen LogP contribution in [-0.2, 0) is 5.41 Å². The van der Waals surface area contributed by atoms with Crippen molar-refractivity contribution in [1.82, 2.24) is 5.43 Å². The molecule has 1 fully saturated rings. The monoisotopic (exact) mass is 288 g/mol. The molecule has 0 heterocycles. The molecule has 3 rings (SSSR count). The summed E-state index contributed by atoms with van der Waals surface area (Å²) in [6, 6.07) is 13.0. The fraction of sp³-hybridized carbons (Fsp3) is 0.294. The minimum Gasteiger partial charge on any atom is -0.271 e. The molecule has 0 bridgehead atoms. The summed E-state index contributed by atoms with van der Waals surface area (Å²) in [5.41, 5.74) is 3.85. The lowest BCUT2D eigenvalue weighted by molar-refractivity contribution is 0.167. The number of rotatable bonds is 4. The molecule has 0 radical (unpaired) electrons. The molecule has 21 heavy (non-hydrogen) atoms. The van der Waals surface area contributed by atoms with Crippen LogP contribution in [0.5, 0.6) is 0 Å². The molecule has 1 unspecified atom stereocenters. The predicted molar refractivity (Wildman–Crippen MR) is 78.4 cm³/mol. The quantitative estimate of drug-likeness (QED) is 0.666. The van der Waals surface area contributed by atoms with Crippen LogP contribution in [0.15, 0.2) is 48.5 Å². The van der Waals surface area contributed by atoms with Crippen molar-refractivity contribution in [3.63, 3.8) is 0 Å². The molecule has 1 aliphatic rings. The summed E-state index contributed by atoms with van der Waals surface area (Å²) < 4.78 is 27.7. The Bertz CT molecular complexity index is 624. The highest BCUT2D eigenvalue weighted by molar-refractivity contribution is 5.36. The lowest BCUT2D eigenvalue weighted by Crippen LogP contribution is -2.49. The smallest absolute Gasteiger partial charge is 0.128 e. The fourth-order valence-corrected chi connectivity index (χ4v) is 3.35. The van der Waals surface area contributed by atoms with Gasteiger partial charge in [0.1, 0.15) is 11.6 Å². The van der Waals surface area contributed by atoms with Gasteiger partial charge >= 0.3 is 0 Å². The molecule has 0 aliphatic heterocycles. The second kappa shape index (κ2) is 5.54. The van der Waals surface area contributed by atoms with Crippen molar-refractivity contribution in [3.05, 3.63) is 71.3 Å². The van der Waals surface area contributed by atoms with Crippen LogP contribution in [0.1, 0.15) is 36.4 Å². The summed E-state index contributed by atoms with van der Waals surface area (Å²) in [5.74, 6) is 4.84. The third-order valence-electron chi connectivity index (χ3n) is 4.58. The molecule has 0 saturated heterocycles. The Kier molecular flexibility index (Phi) is 3.74. The van der Waals surface area contributed by atoms with Crippen LogP contribution in [0.25, 0.3) is 0 Å². The largest absolute Gasteiger partial charge is 0.271 e. The minimum atomic E-state index is -0.450. The van der Waals surface area contributed by atoms with Gasteiger partial charge in [-0.15, -0.1) is 0 Å². The van der Waals surface area contributed by atoms with E-state index >= 15 is 0 Å². The van der Waals surface area contributed by atoms with Crippen LogP contribution < -0.4 is 11.3 Å². The van der Waals surface area contributed by atoms with Crippen LogP contribution >= 0.6 is 0 Å². The number of benzene rings is 2. The van der Waals surface area contributed by atoms with Gasteiger partial charge in [-0.25, -0.2) is 8.78 Å². The molecule has 2 aromatic rings. The molecule has 3 N–H and O–H groups in total. The standard InChI is InChI=1S/C17H18F2N2/c18-13-7-8-15(19)14(11-13)16(21-20)17(9-4-10-17)12-5-2-1-3-6-12/h1-3,5-8,11,16,21H,4,9-10,20H2. The second-order valence-electron chi connectivity index (χ2n) is 5.64. The van der Waals surface area contributed by atoms with E-state index in [9.17, 15) is 8.78 Å². The number of nitrogens with two attached hydrogens (primary N) is 1. The molecule has 1 aliphatic carbocycles. The number of nitrogens with one attached hydrogen (secondary N) is 1. The van der Waals surface area contributed by atoms with Crippen molar-refractivity contribution < 1.29 is 8.78 Å². The third kappa shape index (κ3) is 2.34. The first-order chi connectivity index (χ1) is 10.2. The Hall–Kier alpha value is -1.78. The highest BCUT2D eigenvalue weighted by Crippen LogP contribution is 2.52. The maximum absolute atomic E-state index is 14.2. The summed E-state index contributed by atoms with van der Waals surface area (Å²) in [6.07, 6.45) is 2.87. The normalized spacial score (nSPS) is 18.0. The Labute approximate surface area is 122 Å². The Morgan fingerprint density at radius 1 is 1.05 bits per heavy atom. The average Bonchev–Trinajstić information content (AvgIpc) is 2.46. The summed E-state index contributed by atoms with van der Waals surface area (Å²) in [6.45, 7) is 0. The van der Waals surface area contributed by atoms with Crippen molar-refractivity contribution in [3.8, 4) is 0 Å². The molecule has 1 atom stereocenters. The van der Waals surface area contributed by atoms with Crippen molar-refractivity contribution in [2.75, 3.05) is 0 Å². The van der Waals surface area contributed by atoms with Crippen LogP contribution in [0.4, 0.5) is 8.78 Å². The van der Waals surface area contributed by atoms with E-state index < -0.39 is 17.7 Å². The highest BCUT2D eigenvalue weighted by atomic mass is 19.1. The van der Waals surface area contributed by atoms with Gasteiger partial charge < -0.3 is 0 Å². The van der Waals surface area contributed by atoms with E-state index in [0.717, 1.165) is 37.0 Å². The summed E-state index contributed by atoms with van der Waals surface area (Å²) in [5, 5.41) is 0. The minimum absolute atomic E-state index is 0.273. The first-order valence-corrected chi connectivity index (χ1v) is 7.14. The van der Waals surface area contributed by atoms with E-state index in [1.165, 1.54) is 6.07 Å². The molecule has 4 heteroatoms. The zero-order chi connectivity index (χ0) is 14.9. The number of hydrogen-bond acceptors (Lipinski definition) is 2. The zero-order valence-corrected chi connectivity index (χ0v) is 11.7. The van der Waals surface area contributed by atoms with Gasteiger partial charge in [0, 0.05) is 11.0 Å². The van der Waals surface area contributed by atoms with Gasteiger partial charge in [0.05, 0.1) is 6.04 Å². The van der Waals surface area contributed by atoms with Gasteiger partial charge in [0.15, 0.2) is 0 Å². The van der Waals surface area contributed by atoms with E-state index in [1.807, 2.05) is 30.3 Å². The second-order valence-corrected chi connectivity index (χ2v) is 5.64. The Morgan fingerprint density at radius 3 is 2.33 bits per heavy atom. The number of hydrazine groups is 1. The van der Waals surface area contributed by atoms with Crippen LogP contribution in [0, 0.1) is 11.6 Å². The average molecular weight is 288 g/mol. The molecular weight excluding hydrogens is 270 g/mol. The third-order valence-corrected chi connectivity index (χ3v) is 4.58. The van der Waals surface area contributed by atoms with Gasteiger partial charge in [0.2, 0.25) is 0 Å². The highest BCUT2D eigenvalue weighted by Gasteiger charge is 2.46. The Balaban J connectivity index is 2.08. The first-order valence-electron chi connectivity index (χ1n) is 7.14. The summed E-state index contributed by atoms with van der Waals surface area (Å²) in [7, 11) is 0. The number of hydrogen-bond donors (Lipinski definition) is 2. The molecule has 1 saturated carbocycles. The van der Waals surface area contributed by atoms with Gasteiger partial charge in [-0.3, -0.25) is 11.3 Å². The predicted octanol–water partition coefficient (Wildman–Crippen LogP) is 3.59. The zero-order valence-electron chi connectivity index (χ0n) is 11.7. The SMILES string of the molecule is NNC(c1cc(F)ccc1F)C1(c2ccccc2)CCC1. The summed E-state index contributed by atoms with van der Waals surface area (Å²) in [4.78, 5) is 0. The topological polar surface area (TPSA) is 38.0 Å². The van der Waals surface area contributed by atoms with Crippen molar-refractivity contribution in [2.24, 2.45) is 5.84 Å². The van der Waals surface area contributed by atoms with Gasteiger partial charge in [-0.2, -0.15) is 0 Å². The Morgan fingerprint density at radius 2 is 1.76 bits per heavy atom. The van der Waals surface area contributed by atoms with E-state index in [-0.39, 0.29) is 5.41 Å². The maximum atomic E-state index is 14.2. The first kappa shape index (κ1) is 14.2. The van der Waals surface area contributed by atoms with E-state index in [2.05, 4.69) is 5.43 Å². The van der Waals surface area contributed by atoms with Crippen molar-refractivity contribution in [2.45, 2.75) is 30.7 Å². The summed E-state index contributed by atoms with van der Waals surface area (Å²) >= 11 is 0. The molecule has 0 aromatic heterocycles. The van der Waals surface area contributed by atoms with Crippen molar-refractivity contribution in [1.29, 1.82) is 0 Å². The molecule has 0 spiro atoms. The van der Waals surface area contributed by atoms with E-state index in [1.54, 1.807) is 0 Å². The lowest BCUT2D eigenvalue weighted by atomic mass is 9.59. The molecule has 110 valence electrons. The van der Waals surface area contributed by atoms with E-state index in [0.29, 0.717) is 5.56 Å². The van der Waals surface area contributed by atoms with Crippen molar-refractivity contribution >= 4 is 0 Å². The van der Waals surface area contributed by atoms with Crippen LogP contribution in [-0.4, -0.2) is 0 Å². The van der Waals surface area contributed by atoms with Gasteiger partial charge in [-0.05, 0) is 36.6 Å². The van der Waals surface area contributed by atoms with Gasteiger partial charge in [0.25, 0.3) is 0 Å². The molecular formula is C17H18F2N2. The molecule has 2 nitrogen and oxygen atoms in total. The number of halogens is 2. The molecule has 2 aromatic carbocycles. The lowest BCUT2D eigenvalue weighted by Gasteiger charge is -2.48. The maximum Gasteiger partial charge on any atom is 0.128 e. The van der Waals surface area contributed by atoms with Crippen LogP contribution in [0.3, 0.4) is 0 Å². The van der Waals surface area contributed by atoms with Crippen LogP contribution in [0.2, 0.25) is 0 Å². The van der Waals surface area contributed by atoms with Gasteiger partial charge in [-0.1, -0.05) is 36.8 Å². The van der Waals surface area contributed by atoms with E-state index in [4.69, 9.17) is 5.84 Å².